The van der Waals surface area contributed by atoms with Gasteiger partial charge in [-0.3, -0.25) is 0 Å². The van der Waals surface area contributed by atoms with Gasteiger partial charge in [0.1, 0.15) is 0 Å². The van der Waals surface area contributed by atoms with E-state index in [4.69, 9.17) is 0 Å². The minimum Gasteiger partial charge on any atom is -0.307 e. The Balaban J connectivity index is 2.32. The molecule has 0 radical (unpaired) electrons. The molecular weight excluding hydrogens is 218 g/mol. The molecule has 100 valence electrons. The van der Waals surface area contributed by atoms with E-state index in [1.54, 1.807) is 0 Å². The molecule has 1 heteroatoms. The number of hydrogen-bond donors (Lipinski definition) is 1. The molecule has 1 aromatic carbocycles. The molecule has 0 saturated carbocycles. The van der Waals surface area contributed by atoms with Crippen molar-refractivity contribution < 1.29 is 0 Å². The van der Waals surface area contributed by atoms with Crippen molar-refractivity contribution in [2.45, 2.75) is 58.9 Å². The van der Waals surface area contributed by atoms with E-state index in [1.165, 1.54) is 36.8 Å². The summed E-state index contributed by atoms with van der Waals surface area (Å²) >= 11 is 0. The SMILES string of the molecule is Cc1ccc(C2(CC(C)(C)C)CCCCN2)cc1. The van der Waals surface area contributed by atoms with E-state index in [-0.39, 0.29) is 5.54 Å². The Morgan fingerprint density at radius 2 is 1.78 bits per heavy atom. The lowest BCUT2D eigenvalue weighted by atomic mass is 9.72. The third-order valence-electron chi connectivity index (χ3n) is 3.93. The van der Waals surface area contributed by atoms with Crippen LogP contribution in [0.25, 0.3) is 0 Å². The van der Waals surface area contributed by atoms with E-state index in [0.29, 0.717) is 5.41 Å². The van der Waals surface area contributed by atoms with Crippen LogP contribution in [0.1, 0.15) is 57.6 Å². The third-order valence-corrected chi connectivity index (χ3v) is 3.93. The fraction of sp³-hybridized carbons (Fsp3) is 0.647. The zero-order valence-electron chi connectivity index (χ0n) is 12.3. The summed E-state index contributed by atoms with van der Waals surface area (Å²) < 4.78 is 0. The molecule has 1 aliphatic heterocycles. The van der Waals surface area contributed by atoms with E-state index < -0.39 is 0 Å². The lowest BCUT2D eigenvalue weighted by Crippen LogP contribution is -2.48. The highest BCUT2D eigenvalue weighted by atomic mass is 15.0. The normalized spacial score (nSPS) is 25.1. The Morgan fingerprint density at radius 1 is 1.11 bits per heavy atom. The van der Waals surface area contributed by atoms with Crippen LogP contribution in [-0.2, 0) is 5.54 Å². The van der Waals surface area contributed by atoms with Crippen LogP contribution in [0.3, 0.4) is 0 Å². The minimum atomic E-state index is 0.199. The Bertz CT molecular complexity index is 377. The van der Waals surface area contributed by atoms with Gasteiger partial charge in [0.05, 0.1) is 0 Å². The zero-order chi connectivity index (χ0) is 13.2. The first kappa shape index (κ1) is 13.6. The van der Waals surface area contributed by atoms with Gasteiger partial charge in [0, 0.05) is 5.54 Å². The van der Waals surface area contributed by atoms with Gasteiger partial charge in [0.2, 0.25) is 0 Å². The number of piperidine rings is 1. The van der Waals surface area contributed by atoms with Crippen LogP contribution in [0.5, 0.6) is 0 Å². The Hall–Kier alpha value is -0.820. The van der Waals surface area contributed by atoms with E-state index in [1.807, 2.05) is 0 Å². The van der Waals surface area contributed by atoms with Crippen molar-refractivity contribution in [2.75, 3.05) is 6.54 Å². The summed E-state index contributed by atoms with van der Waals surface area (Å²) in [5, 5.41) is 3.82. The number of aryl methyl sites for hydroxylation is 1. The molecule has 1 unspecified atom stereocenters. The molecule has 0 bridgehead atoms. The second kappa shape index (κ2) is 5.05. The van der Waals surface area contributed by atoms with Gasteiger partial charge in [-0.1, -0.05) is 57.0 Å². The second-order valence-electron chi connectivity index (χ2n) is 7.07. The van der Waals surface area contributed by atoms with Gasteiger partial charge < -0.3 is 5.32 Å². The highest BCUT2D eigenvalue weighted by Gasteiger charge is 2.36. The maximum atomic E-state index is 3.82. The fourth-order valence-electron chi connectivity index (χ4n) is 3.25. The molecule has 0 aromatic heterocycles. The maximum Gasteiger partial charge on any atom is 0.0439 e. The van der Waals surface area contributed by atoms with E-state index >= 15 is 0 Å². The largest absolute Gasteiger partial charge is 0.307 e. The molecule has 0 spiro atoms. The summed E-state index contributed by atoms with van der Waals surface area (Å²) in [7, 11) is 0. The summed E-state index contributed by atoms with van der Waals surface area (Å²) in [5.41, 5.74) is 3.38. The molecule has 1 nitrogen and oxygen atoms in total. The molecule has 1 saturated heterocycles. The van der Waals surface area contributed by atoms with Crippen LogP contribution in [0.4, 0.5) is 0 Å². The fourth-order valence-corrected chi connectivity index (χ4v) is 3.25. The molecule has 1 N–H and O–H groups in total. The Labute approximate surface area is 112 Å². The molecular formula is C17H27N. The first-order valence-corrected chi connectivity index (χ1v) is 7.24. The van der Waals surface area contributed by atoms with Crippen molar-refractivity contribution in [1.29, 1.82) is 0 Å². The number of benzene rings is 1. The molecule has 1 heterocycles. The van der Waals surface area contributed by atoms with Gasteiger partial charge in [-0.15, -0.1) is 0 Å². The monoisotopic (exact) mass is 245 g/mol. The van der Waals surface area contributed by atoms with Crippen LogP contribution < -0.4 is 5.32 Å². The molecule has 0 amide bonds. The molecule has 1 atom stereocenters. The van der Waals surface area contributed by atoms with Crippen molar-refractivity contribution in [3.05, 3.63) is 35.4 Å². The van der Waals surface area contributed by atoms with E-state index in [0.717, 1.165) is 6.54 Å². The third kappa shape index (κ3) is 3.14. The minimum absolute atomic E-state index is 0.199. The van der Waals surface area contributed by atoms with Crippen molar-refractivity contribution in [1.82, 2.24) is 5.32 Å². The van der Waals surface area contributed by atoms with Crippen LogP contribution in [0.15, 0.2) is 24.3 Å². The second-order valence-corrected chi connectivity index (χ2v) is 7.07. The van der Waals surface area contributed by atoms with Gasteiger partial charge in [-0.2, -0.15) is 0 Å². The standard InChI is InChI=1S/C17H27N/c1-14-7-9-15(10-8-14)17(13-16(2,3)4)11-5-6-12-18-17/h7-10,18H,5-6,11-13H2,1-4H3. The van der Waals surface area contributed by atoms with Crippen LogP contribution in [-0.4, -0.2) is 6.54 Å². The smallest absolute Gasteiger partial charge is 0.0439 e. The molecule has 0 aliphatic carbocycles. The van der Waals surface area contributed by atoms with E-state index in [2.05, 4.69) is 57.3 Å². The zero-order valence-corrected chi connectivity index (χ0v) is 12.3. The quantitative estimate of drug-likeness (QED) is 0.814. The summed E-state index contributed by atoms with van der Waals surface area (Å²) in [6.07, 6.45) is 5.14. The first-order chi connectivity index (χ1) is 8.41. The Morgan fingerprint density at radius 3 is 2.28 bits per heavy atom. The molecule has 1 aromatic rings. The highest BCUT2D eigenvalue weighted by molar-refractivity contribution is 5.29. The van der Waals surface area contributed by atoms with Crippen molar-refractivity contribution in [3.8, 4) is 0 Å². The van der Waals surface area contributed by atoms with Crippen LogP contribution in [0, 0.1) is 12.3 Å². The van der Waals surface area contributed by atoms with Gasteiger partial charge >= 0.3 is 0 Å². The Kier molecular flexibility index (Phi) is 3.82. The lowest BCUT2D eigenvalue weighted by molar-refractivity contribution is 0.169. The number of rotatable bonds is 2. The van der Waals surface area contributed by atoms with Crippen molar-refractivity contribution in [3.63, 3.8) is 0 Å². The average molecular weight is 245 g/mol. The topological polar surface area (TPSA) is 12.0 Å². The summed E-state index contributed by atoms with van der Waals surface area (Å²) in [6, 6.07) is 9.13. The van der Waals surface area contributed by atoms with Crippen LogP contribution in [0.2, 0.25) is 0 Å². The highest BCUT2D eigenvalue weighted by Crippen LogP contribution is 2.40. The number of nitrogens with one attached hydrogen (secondary N) is 1. The summed E-state index contributed by atoms with van der Waals surface area (Å²) in [4.78, 5) is 0. The van der Waals surface area contributed by atoms with Gasteiger partial charge in [-0.05, 0) is 43.7 Å². The van der Waals surface area contributed by atoms with Gasteiger partial charge in [-0.25, -0.2) is 0 Å². The molecule has 2 rings (SSSR count). The average Bonchev–Trinajstić information content (AvgIpc) is 2.28. The molecule has 18 heavy (non-hydrogen) atoms. The van der Waals surface area contributed by atoms with E-state index in [9.17, 15) is 0 Å². The summed E-state index contributed by atoms with van der Waals surface area (Å²) in [5.74, 6) is 0. The first-order valence-electron chi connectivity index (χ1n) is 7.24. The number of hydrogen-bond acceptors (Lipinski definition) is 1. The summed E-state index contributed by atoms with van der Waals surface area (Å²) in [6.45, 7) is 10.4. The van der Waals surface area contributed by atoms with Crippen molar-refractivity contribution in [2.24, 2.45) is 5.41 Å². The lowest BCUT2D eigenvalue weighted by Gasteiger charge is -2.43. The maximum absolute atomic E-state index is 3.82. The van der Waals surface area contributed by atoms with Crippen LogP contribution >= 0.6 is 0 Å². The predicted molar refractivity (Wildman–Crippen MR) is 78.8 cm³/mol. The van der Waals surface area contributed by atoms with Gasteiger partial charge in [0.15, 0.2) is 0 Å². The van der Waals surface area contributed by atoms with Gasteiger partial charge in [0.25, 0.3) is 0 Å². The predicted octanol–water partition coefficient (Wildman–Crippen LogP) is 4.40. The molecule has 1 aliphatic rings. The molecule has 1 fully saturated rings. The van der Waals surface area contributed by atoms with Crippen molar-refractivity contribution >= 4 is 0 Å².